The van der Waals surface area contributed by atoms with Crippen molar-refractivity contribution in [2.75, 3.05) is 50.3 Å². The number of likely N-dealkylation sites (tertiary alicyclic amines) is 1. The first-order chi connectivity index (χ1) is 23.6. The van der Waals surface area contributed by atoms with Crippen LogP contribution in [0.4, 0.5) is 16.2 Å². The van der Waals surface area contributed by atoms with Crippen molar-refractivity contribution in [3.05, 3.63) is 48.0 Å². The molecule has 12 heteroatoms. The molecule has 3 aliphatic rings. The number of benzene rings is 2. The van der Waals surface area contributed by atoms with E-state index in [1.165, 1.54) is 4.90 Å². The average Bonchev–Trinajstić information content (AvgIpc) is 3.91. The second-order valence-electron chi connectivity index (χ2n) is 15.0. The Morgan fingerprint density at radius 3 is 2.34 bits per heavy atom. The first kappa shape index (κ1) is 36.9. The highest BCUT2D eigenvalue weighted by molar-refractivity contribution is 6.04. The third-order valence-electron chi connectivity index (χ3n) is 9.31. The number of carbonyl (C=O) groups excluding carboxylic acids is 4. The summed E-state index contributed by atoms with van der Waals surface area (Å²) in [7, 11) is 3.23. The summed E-state index contributed by atoms with van der Waals surface area (Å²) >= 11 is 0. The summed E-state index contributed by atoms with van der Waals surface area (Å²) in [5.41, 5.74) is 0.362. The van der Waals surface area contributed by atoms with Gasteiger partial charge in [-0.1, -0.05) is 12.1 Å². The number of piperidine rings is 1. The molecule has 0 bridgehead atoms. The predicted octanol–water partition coefficient (Wildman–Crippen LogP) is 5.48. The van der Waals surface area contributed by atoms with Gasteiger partial charge in [-0.3, -0.25) is 14.4 Å². The third kappa shape index (κ3) is 8.51. The Balaban J connectivity index is 1.41. The van der Waals surface area contributed by atoms with Crippen LogP contribution >= 0.6 is 0 Å². The molecular weight excluding hydrogens is 640 g/mol. The molecule has 2 fully saturated rings. The Morgan fingerprint density at radius 2 is 1.72 bits per heavy atom. The van der Waals surface area contributed by atoms with Crippen LogP contribution in [0.2, 0.25) is 0 Å². The van der Waals surface area contributed by atoms with Crippen LogP contribution in [-0.4, -0.2) is 86.4 Å². The number of nitrogens with one attached hydrogen (secondary N) is 1. The van der Waals surface area contributed by atoms with Gasteiger partial charge in [0.2, 0.25) is 11.8 Å². The molecule has 1 N–H and O–H groups in total. The molecule has 2 heterocycles. The van der Waals surface area contributed by atoms with Gasteiger partial charge in [0.25, 0.3) is 5.91 Å². The minimum Gasteiger partial charge on any atom is -0.497 e. The van der Waals surface area contributed by atoms with Crippen molar-refractivity contribution in [1.29, 1.82) is 0 Å². The van der Waals surface area contributed by atoms with Crippen molar-refractivity contribution in [3.8, 4) is 11.5 Å². The normalized spacial score (nSPS) is 20.7. The topological polar surface area (TPSA) is 127 Å². The van der Waals surface area contributed by atoms with Gasteiger partial charge in [-0.05, 0) is 103 Å². The van der Waals surface area contributed by atoms with Crippen molar-refractivity contribution >= 4 is 35.2 Å². The minimum atomic E-state index is -1.04. The summed E-state index contributed by atoms with van der Waals surface area (Å²) < 4.78 is 22.3. The molecule has 50 heavy (non-hydrogen) atoms. The smallest absolute Gasteiger partial charge is 0.410 e. The molecule has 0 aromatic heterocycles. The van der Waals surface area contributed by atoms with Gasteiger partial charge < -0.3 is 39.0 Å². The van der Waals surface area contributed by atoms with Gasteiger partial charge in [-0.2, -0.15) is 0 Å². The van der Waals surface area contributed by atoms with Gasteiger partial charge in [-0.15, -0.1) is 0 Å². The Morgan fingerprint density at radius 1 is 1.04 bits per heavy atom. The molecular formula is C38H52N4O8. The maximum atomic E-state index is 14.6. The van der Waals surface area contributed by atoms with Crippen molar-refractivity contribution in [3.63, 3.8) is 0 Å². The number of amides is 4. The van der Waals surface area contributed by atoms with Crippen LogP contribution in [0.3, 0.4) is 0 Å². The molecule has 2 aromatic carbocycles. The van der Waals surface area contributed by atoms with Gasteiger partial charge in [0.1, 0.15) is 17.1 Å². The first-order valence-corrected chi connectivity index (χ1v) is 17.5. The third-order valence-corrected chi connectivity index (χ3v) is 9.31. The van der Waals surface area contributed by atoms with Crippen molar-refractivity contribution in [2.45, 2.75) is 90.5 Å². The molecule has 0 unspecified atom stereocenters. The molecule has 2 aliphatic heterocycles. The lowest BCUT2D eigenvalue weighted by Gasteiger charge is -2.40. The van der Waals surface area contributed by atoms with E-state index in [1.807, 2.05) is 49.4 Å². The zero-order chi connectivity index (χ0) is 36.4. The molecule has 1 saturated heterocycles. The molecule has 12 nitrogen and oxygen atoms in total. The fourth-order valence-corrected chi connectivity index (χ4v) is 6.59. The average molecular weight is 693 g/mol. The maximum Gasteiger partial charge on any atom is 0.410 e. The van der Waals surface area contributed by atoms with Gasteiger partial charge >= 0.3 is 6.09 Å². The summed E-state index contributed by atoms with van der Waals surface area (Å²) in [6, 6.07) is 12.7. The van der Waals surface area contributed by atoms with Crippen LogP contribution in [-0.2, 0) is 23.9 Å². The first-order valence-electron chi connectivity index (χ1n) is 17.5. The largest absolute Gasteiger partial charge is 0.497 e. The van der Waals surface area contributed by atoms with Gasteiger partial charge in [0, 0.05) is 45.1 Å². The number of hydrogen-bond donors (Lipinski definition) is 1. The van der Waals surface area contributed by atoms with Crippen molar-refractivity contribution in [2.24, 2.45) is 11.8 Å². The number of ether oxygens (including phenoxy) is 4. The van der Waals surface area contributed by atoms with E-state index in [2.05, 4.69) is 5.32 Å². The lowest BCUT2D eigenvalue weighted by molar-refractivity contribution is -0.133. The summed E-state index contributed by atoms with van der Waals surface area (Å²) in [6.45, 7) is 12.0. The fraction of sp³-hybridized carbons (Fsp3) is 0.579. The number of anilines is 2. The van der Waals surface area contributed by atoms with Crippen LogP contribution in [0.1, 0.15) is 78.8 Å². The van der Waals surface area contributed by atoms with E-state index in [9.17, 15) is 19.2 Å². The monoisotopic (exact) mass is 692 g/mol. The number of rotatable bonds is 11. The molecule has 3 atom stereocenters. The fourth-order valence-electron chi connectivity index (χ4n) is 6.59. The van der Waals surface area contributed by atoms with Crippen LogP contribution < -0.4 is 24.6 Å². The number of fused-ring (bicyclic) bond motifs is 1. The van der Waals surface area contributed by atoms with Gasteiger partial charge in [-0.25, -0.2) is 4.79 Å². The van der Waals surface area contributed by atoms with Crippen LogP contribution in [0, 0.1) is 11.8 Å². The van der Waals surface area contributed by atoms with Crippen molar-refractivity contribution in [1.82, 2.24) is 10.2 Å². The van der Waals surface area contributed by atoms with Gasteiger partial charge in [0.05, 0.1) is 30.7 Å². The van der Waals surface area contributed by atoms with E-state index in [1.54, 1.807) is 58.6 Å². The van der Waals surface area contributed by atoms with E-state index in [-0.39, 0.29) is 49.3 Å². The minimum absolute atomic E-state index is 0.0292. The quantitative estimate of drug-likeness (QED) is 0.307. The summed E-state index contributed by atoms with van der Waals surface area (Å²) in [5, 5.41) is 3.09. The van der Waals surface area contributed by atoms with Crippen LogP contribution in [0.25, 0.3) is 0 Å². The highest BCUT2D eigenvalue weighted by atomic mass is 16.6. The maximum absolute atomic E-state index is 14.6. The summed E-state index contributed by atoms with van der Waals surface area (Å²) in [4.78, 5) is 60.3. The van der Waals surface area contributed by atoms with Crippen LogP contribution in [0.15, 0.2) is 42.5 Å². The molecule has 0 spiro atoms. The summed E-state index contributed by atoms with van der Waals surface area (Å²) in [5.74, 6) is -0.590. The number of carbonyl (C=O) groups is 4. The van der Waals surface area contributed by atoms with Crippen LogP contribution in [0.5, 0.6) is 11.5 Å². The zero-order valence-corrected chi connectivity index (χ0v) is 30.6. The van der Waals surface area contributed by atoms with E-state index >= 15 is 0 Å². The van der Waals surface area contributed by atoms with E-state index in [0.29, 0.717) is 36.7 Å². The lowest BCUT2D eigenvalue weighted by Crippen LogP contribution is -2.54. The molecule has 2 aromatic rings. The molecule has 4 amide bonds. The zero-order valence-electron chi connectivity index (χ0n) is 30.6. The molecule has 5 rings (SSSR count). The number of methoxy groups -OCH3 is 2. The SMILES string of the molecule is COCCCN1C(=O)C(C)(C)Oc2ccc(N(C(=O)[C@@H]3C[C@H](C(=O)N[C@@H](C)c4ccc(OC)cc4)CN(C(=O)OC(C)(C)C)C3)C3CC3)cc21. The molecule has 1 aliphatic carbocycles. The molecule has 1 saturated carbocycles. The van der Waals surface area contributed by atoms with Gasteiger partial charge in [0.15, 0.2) is 5.60 Å². The predicted molar refractivity (Wildman–Crippen MR) is 189 cm³/mol. The molecule has 272 valence electrons. The Hall–Kier alpha value is -4.32. The Bertz CT molecular complexity index is 1570. The van der Waals surface area contributed by atoms with E-state index in [0.717, 1.165) is 24.2 Å². The molecule has 0 radical (unpaired) electrons. The van der Waals surface area contributed by atoms with E-state index in [4.69, 9.17) is 18.9 Å². The Kier molecular flexibility index (Phi) is 11.0. The van der Waals surface area contributed by atoms with E-state index < -0.39 is 29.1 Å². The highest BCUT2D eigenvalue weighted by Crippen LogP contribution is 2.43. The number of hydrogen-bond acceptors (Lipinski definition) is 8. The highest BCUT2D eigenvalue weighted by Gasteiger charge is 2.45. The second-order valence-corrected chi connectivity index (χ2v) is 15.0. The second kappa shape index (κ2) is 14.9. The lowest BCUT2D eigenvalue weighted by atomic mass is 9.87. The standard InChI is InChI=1S/C38H52N4O8/c1-24(25-10-15-30(48-8)16-11-25)39-33(43)26-20-27(23-40(22-26)36(46)50-37(2,3)4)34(44)42(28-12-13-28)29-14-17-32-31(21-29)41(18-9-19-47-7)35(45)38(5,6)49-32/h10-11,14-17,21,24,26-28H,9,12-13,18-20,22-23H2,1-8H3,(H,39,43)/t24-,26-,27+/m0/s1. The van der Waals surface area contributed by atoms with Crippen molar-refractivity contribution < 1.29 is 38.1 Å². The Labute approximate surface area is 295 Å². The number of nitrogens with zero attached hydrogens (tertiary/aromatic N) is 3. The summed E-state index contributed by atoms with van der Waals surface area (Å²) in [6.07, 6.45) is 2.00.